The number of benzene rings is 3. The number of nitrogen functional groups attached to an aromatic ring is 1. The van der Waals surface area contributed by atoms with Crippen LogP contribution in [0, 0.1) is 0 Å². The molecule has 21 heavy (non-hydrogen) atoms. The minimum atomic E-state index is -4.00. The fourth-order valence-corrected chi connectivity index (χ4v) is 2.34. The maximum Gasteiger partial charge on any atom is 0.294 e. The summed E-state index contributed by atoms with van der Waals surface area (Å²) in [5.74, 6) is 0. The summed E-state index contributed by atoms with van der Waals surface area (Å²) in [7, 11) is -4.00. The highest BCUT2D eigenvalue weighted by molar-refractivity contribution is 7.85. The number of nitrogens with two attached hydrogens (primary N) is 1. The van der Waals surface area contributed by atoms with Crippen LogP contribution < -0.4 is 5.73 Å². The molecule has 0 unspecified atom stereocenters. The van der Waals surface area contributed by atoms with Crippen molar-refractivity contribution in [2.24, 2.45) is 0 Å². The van der Waals surface area contributed by atoms with Gasteiger partial charge in [0.25, 0.3) is 10.1 Å². The van der Waals surface area contributed by atoms with Crippen LogP contribution in [-0.4, -0.2) is 13.0 Å². The zero-order valence-corrected chi connectivity index (χ0v) is 12.0. The minimum Gasteiger partial charge on any atom is -0.398 e. The van der Waals surface area contributed by atoms with Gasteiger partial charge in [-0.2, -0.15) is 8.42 Å². The molecule has 0 atom stereocenters. The van der Waals surface area contributed by atoms with Crippen LogP contribution in [0.25, 0.3) is 10.8 Å². The number of anilines is 1. The van der Waals surface area contributed by atoms with E-state index in [2.05, 4.69) is 12.1 Å². The smallest absolute Gasteiger partial charge is 0.294 e. The van der Waals surface area contributed by atoms with Gasteiger partial charge in [-0.25, -0.2) is 0 Å². The summed E-state index contributed by atoms with van der Waals surface area (Å²) < 4.78 is 29.2. The van der Waals surface area contributed by atoms with Gasteiger partial charge in [0.1, 0.15) is 0 Å². The Bertz CT molecular complexity index is 825. The van der Waals surface area contributed by atoms with Gasteiger partial charge in [-0.1, -0.05) is 54.6 Å². The predicted molar refractivity (Wildman–Crippen MR) is 84.6 cm³/mol. The molecule has 0 amide bonds. The summed E-state index contributed by atoms with van der Waals surface area (Å²) in [4.78, 5) is -0.0741. The van der Waals surface area contributed by atoms with Crippen LogP contribution in [0.1, 0.15) is 0 Å². The maximum absolute atomic E-state index is 10.4. The molecule has 5 heteroatoms. The van der Waals surface area contributed by atoms with Crippen molar-refractivity contribution < 1.29 is 13.0 Å². The first-order chi connectivity index (χ1) is 9.98. The molecule has 0 spiro atoms. The summed E-state index contributed by atoms with van der Waals surface area (Å²) >= 11 is 0. The van der Waals surface area contributed by atoms with Crippen LogP contribution in [0.4, 0.5) is 5.69 Å². The SMILES string of the molecule is Nc1cccc2ccccc12.O=S(=O)(O)c1ccccc1. The Morgan fingerprint density at radius 1 is 0.762 bits per heavy atom. The maximum atomic E-state index is 10.4. The molecule has 0 saturated carbocycles. The average molecular weight is 301 g/mol. The summed E-state index contributed by atoms with van der Waals surface area (Å²) in [6.45, 7) is 0. The molecule has 3 aromatic rings. The monoisotopic (exact) mass is 301 g/mol. The van der Waals surface area contributed by atoms with E-state index in [1.807, 2.05) is 30.3 Å². The van der Waals surface area contributed by atoms with Crippen molar-refractivity contribution in [3.8, 4) is 0 Å². The van der Waals surface area contributed by atoms with Crippen LogP contribution in [0.5, 0.6) is 0 Å². The summed E-state index contributed by atoms with van der Waals surface area (Å²) in [5.41, 5.74) is 6.61. The highest BCUT2D eigenvalue weighted by Crippen LogP contribution is 2.19. The normalized spacial score (nSPS) is 10.7. The lowest BCUT2D eigenvalue weighted by molar-refractivity contribution is 0.483. The molecule has 0 bridgehead atoms. The summed E-state index contributed by atoms with van der Waals surface area (Å²) in [5, 5.41) is 2.34. The molecule has 3 aromatic carbocycles. The fraction of sp³-hybridized carbons (Fsp3) is 0. The molecule has 0 aliphatic rings. The third-order valence-electron chi connectivity index (χ3n) is 2.86. The van der Waals surface area contributed by atoms with Crippen LogP contribution in [0.3, 0.4) is 0 Å². The van der Waals surface area contributed by atoms with E-state index in [0.717, 1.165) is 11.1 Å². The third-order valence-corrected chi connectivity index (χ3v) is 3.73. The highest BCUT2D eigenvalue weighted by Gasteiger charge is 2.05. The summed E-state index contributed by atoms with van der Waals surface area (Å²) in [6.07, 6.45) is 0. The van der Waals surface area contributed by atoms with Crippen LogP contribution >= 0.6 is 0 Å². The molecule has 0 fully saturated rings. The second-order valence-electron chi connectivity index (χ2n) is 4.36. The quantitative estimate of drug-likeness (QED) is 0.533. The molecule has 0 aromatic heterocycles. The number of fused-ring (bicyclic) bond motifs is 1. The second-order valence-corrected chi connectivity index (χ2v) is 5.78. The van der Waals surface area contributed by atoms with Gasteiger partial charge >= 0.3 is 0 Å². The van der Waals surface area contributed by atoms with Gasteiger partial charge in [0, 0.05) is 11.1 Å². The van der Waals surface area contributed by atoms with E-state index in [0.29, 0.717) is 0 Å². The molecular weight excluding hydrogens is 286 g/mol. The Hall–Kier alpha value is -2.37. The molecule has 4 nitrogen and oxygen atoms in total. The van der Waals surface area contributed by atoms with Gasteiger partial charge in [0.05, 0.1) is 4.90 Å². The van der Waals surface area contributed by atoms with Crippen LogP contribution in [0.2, 0.25) is 0 Å². The van der Waals surface area contributed by atoms with Crippen molar-refractivity contribution in [2.45, 2.75) is 4.90 Å². The first-order valence-electron chi connectivity index (χ1n) is 6.24. The van der Waals surface area contributed by atoms with E-state index in [9.17, 15) is 8.42 Å². The Morgan fingerprint density at radius 2 is 1.33 bits per heavy atom. The van der Waals surface area contributed by atoms with Crippen molar-refractivity contribution in [3.05, 3.63) is 72.8 Å². The third kappa shape index (κ3) is 4.05. The lowest BCUT2D eigenvalue weighted by Crippen LogP contribution is -1.96. The number of rotatable bonds is 1. The standard InChI is InChI=1S/C10H9N.C6H6O3S/c11-10-7-3-5-8-4-1-2-6-9(8)10;7-10(8,9)6-4-2-1-3-5-6/h1-7H,11H2;1-5H,(H,7,8,9). The van der Waals surface area contributed by atoms with Crippen LogP contribution in [0.15, 0.2) is 77.7 Å². The molecular formula is C16H15NO3S. The Labute approximate surface area is 123 Å². The second kappa shape index (κ2) is 6.39. The zero-order valence-electron chi connectivity index (χ0n) is 11.2. The van der Waals surface area contributed by atoms with Crippen molar-refractivity contribution in [2.75, 3.05) is 5.73 Å². The molecule has 0 heterocycles. The molecule has 0 radical (unpaired) electrons. The number of hydrogen-bond acceptors (Lipinski definition) is 3. The van der Waals surface area contributed by atoms with Gasteiger partial charge < -0.3 is 5.73 Å². The van der Waals surface area contributed by atoms with Gasteiger partial charge in [0.2, 0.25) is 0 Å². The first kappa shape index (κ1) is 15.0. The van der Waals surface area contributed by atoms with Gasteiger partial charge in [-0.15, -0.1) is 0 Å². The van der Waals surface area contributed by atoms with E-state index < -0.39 is 10.1 Å². The molecule has 3 N–H and O–H groups in total. The predicted octanol–water partition coefficient (Wildman–Crippen LogP) is 3.36. The van der Waals surface area contributed by atoms with E-state index in [4.69, 9.17) is 10.3 Å². The molecule has 0 aliphatic heterocycles. The number of hydrogen-bond donors (Lipinski definition) is 2. The Balaban J connectivity index is 0.000000155. The topological polar surface area (TPSA) is 80.4 Å². The zero-order chi connectivity index (χ0) is 15.3. The Kier molecular flexibility index (Phi) is 4.57. The van der Waals surface area contributed by atoms with Gasteiger partial charge in [-0.3, -0.25) is 4.55 Å². The van der Waals surface area contributed by atoms with E-state index in [1.54, 1.807) is 18.2 Å². The van der Waals surface area contributed by atoms with E-state index in [-0.39, 0.29) is 4.90 Å². The molecule has 3 rings (SSSR count). The highest BCUT2D eigenvalue weighted by atomic mass is 32.2. The van der Waals surface area contributed by atoms with E-state index >= 15 is 0 Å². The summed E-state index contributed by atoms with van der Waals surface area (Å²) in [6, 6.07) is 21.5. The van der Waals surface area contributed by atoms with Crippen molar-refractivity contribution >= 4 is 26.6 Å². The Morgan fingerprint density at radius 3 is 1.90 bits per heavy atom. The van der Waals surface area contributed by atoms with Crippen molar-refractivity contribution in [1.82, 2.24) is 0 Å². The lowest BCUT2D eigenvalue weighted by Gasteiger charge is -1.98. The minimum absolute atomic E-state index is 0.0741. The largest absolute Gasteiger partial charge is 0.398 e. The van der Waals surface area contributed by atoms with Crippen LogP contribution in [-0.2, 0) is 10.1 Å². The fourth-order valence-electron chi connectivity index (χ4n) is 1.84. The molecule has 0 aliphatic carbocycles. The van der Waals surface area contributed by atoms with Gasteiger partial charge in [0.15, 0.2) is 0 Å². The van der Waals surface area contributed by atoms with Gasteiger partial charge in [-0.05, 0) is 23.6 Å². The van der Waals surface area contributed by atoms with E-state index in [1.165, 1.54) is 17.5 Å². The average Bonchev–Trinajstić information content (AvgIpc) is 2.49. The lowest BCUT2D eigenvalue weighted by atomic mass is 10.1. The molecule has 108 valence electrons. The van der Waals surface area contributed by atoms with Crippen molar-refractivity contribution in [1.29, 1.82) is 0 Å². The first-order valence-corrected chi connectivity index (χ1v) is 7.68. The molecule has 0 saturated heterocycles. The van der Waals surface area contributed by atoms with Crippen molar-refractivity contribution in [3.63, 3.8) is 0 Å².